The van der Waals surface area contributed by atoms with Gasteiger partial charge in [-0.1, -0.05) is 306 Å². The largest absolute Gasteiger partial charge is 0.472 e. The molecule has 0 amide bonds. The summed E-state index contributed by atoms with van der Waals surface area (Å²) in [5.41, 5.74) is 0. The summed E-state index contributed by atoms with van der Waals surface area (Å²) >= 11 is 0. The van der Waals surface area contributed by atoms with Crippen molar-refractivity contribution in [2.45, 2.75) is 375 Å². The normalized spacial score (nSPS) is 14.5. The maximum absolute atomic E-state index is 13.0. The predicted octanol–water partition coefficient (Wildman–Crippen LogP) is 20.5. The molecule has 0 aromatic rings. The van der Waals surface area contributed by atoms with Crippen LogP contribution in [0.25, 0.3) is 0 Å². The zero-order chi connectivity index (χ0) is 67.5. The number of phosphoric acid groups is 2. The summed E-state index contributed by atoms with van der Waals surface area (Å²) in [5, 5.41) is 10.6. The van der Waals surface area contributed by atoms with Crippen LogP contribution in [0.1, 0.15) is 357 Å². The van der Waals surface area contributed by atoms with E-state index in [1.165, 1.54) is 148 Å². The van der Waals surface area contributed by atoms with Crippen molar-refractivity contribution in [3.63, 3.8) is 0 Å². The summed E-state index contributed by atoms with van der Waals surface area (Å²) in [5.74, 6) is 0.853. The van der Waals surface area contributed by atoms with E-state index >= 15 is 0 Å². The van der Waals surface area contributed by atoms with Crippen LogP contribution in [-0.4, -0.2) is 96.7 Å². The van der Waals surface area contributed by atoms with Gasteiger partial charge in [0.2, 0.25) is 0 Å². The number of carbonyl (C=O) groups excluding carboxylic acids is 4. The molecule has 0 bridgehead atoms. The topological polar surface area (TPSA) is 237 Å². The van der Waals surface area contributed by atoms with Crippen LogP contribution in [0.3, 0.4) is 0 Å². The minimum Gasteiger partial charge on any atom is -0.462 e. The average molecular weight is 1340 g/mol. The lowest BCUT2D eigenvalue weighted by Crippen LogP contribution is -2.30. The molecule has 0 heterocycles. The second-order valence-electron chi connectivity index (χ2n) is 27.6. The van der Waals surface area contributed by atoms with Crippen LogP contribution >= 0.6 is 15.6 Å². The van der Waals surface area contributed by atoms with Gasteiger partial charge < -0.3 is 33.8 Å². The number of ether oxygens (including phenoxy) is 4. The van der Waals surface area contributed by atoms with Crippen molar-refractivity contribution in [3.05, 3.63) is 0 Å². The summed E-state index contributed by atoms with van der Waals surface area (Å²) in [6, 6.07) is 0. The van der Waals surface area contributed by atoms with Gasteiger partial charge in [-0.2, -0.15) is 0 Å². The Balaban J connectivity index is 5.22. The Morgan fingerprint density at radius 2 is 0.527 bits per heavy atom. The molecule has 0 aliphatic carbocycles. The fraction of sp³-hybridized carbons (Fsp3) is 0.944. The number of rotatable bonds is 69. The monoisotopic (exact) mass is 1340 g/mol. The zero-order valence-electron chi connectivity index (χ0n) is 59.5. The summed E-state index contributed by atoms with van der Waals surface area (Å²) < 4.78 is 68.3. The zero-order valence-corrected chi connectivity index (χ0v) is 61.3. The van der Waals surface area contributed by atoms with Gasteiger partial charge in [0.05, 0.1) is 26.4 Å². The quantitative estimate of drug-likeness (QED) is 0.0222. The van der Waals surface area contributed by atoms with E-state index in [-0.39, 0.29) is 25.7 Å². The molecule has 19 heteroatoms. The van der Waals surface area contributed by atoms with E-state index < -0.39 is 97.5 Å². The molecule has 0 fully saturated rings. The molecule has 540 valence electrons. The molecule has 6 atom stereocenters. The molecule has 0 aromatic heterocycles. The van der Waals surface area contributed by atoms with Gasteiger partial charge in [0.15, 0.2) is 12.2 Å². The van der Waals surface area contributed by atoms with E-state index in [1.807, 2.05) is 0 Å². The van der Waals surface area contributed by atoms with Crippen LogP contribution in [0.5, 0.6) is 0 Å². The Hall–Kier alpha value is -1.94. The Morgan fingerprint density at radius 3 is 0.780 bits per heavy atom. The van der Waals surface area contributed by atoms with E-state index in [9.17, 15) is 43.2 Å². The lowest BCUT2D eigenvalue weighted by molar-refractivity contribution is -0.161. The van der Waals surface area contributed by atoms with Crippen molar-refractivity contribution in [3.8, 4) is 0 Å². The van der Waals surface area contributed by atoms with E-state index in [0.717, 1.165) is 120 Å². The third kappa shape index (κ3) is 65.1. The lowest BCUT2D eigenvalue weighted by atomic mass is 10.00. The fourth-order valence-corrected chi connectivity index (χ4v) is 12.4. The first kappa shape index (κ1) is 89.1. The number of esters is 4. The number of hydrogen-bond acceptors (Lipinski definition) is 15. The standard InChI is InChI=1S/C72H140O17P2/c1-9-65(8)51-43-35-29-31-37-45-53-70(75)83-59-68(89-72(77)55-47-39-27-23-19-15-14-17-21-25-33-41-49-63(4)5)61-87-91(80,81)85-57-66(73)56-84-90(78,79)86-60-67(58-82-69(74)52-44-36-30-28-34-42-50-64(6)7)88-71(76)54-46-38-26-22-18-13-11-10-12-16-20-24-32-40-48-62(2)3/h62-68,73H,9-61H2,1-8H3,(H,78,79)(H,80,81)/t65?,66-,67-,68-/m1/s1. The maximum Gasteiger partial charge on any atom is 0.472 e. The summed E-state index contributed by atoms with van der Waals surface area (Å²) in [4.78, 5) is 72.6. The van der Waals surface area contributed by atoms with E-state index in [0.29, 0.717) is 31.6 Å². The Kier molecular flexibility index (Phi) is 60.3. The van der Waals surface area contributed by atoms with Crippen LogP contribution in [0, 0.1) is 23.7 Å². The van der Waals surface area contributed by atoms with E-state index in [2.05, 4.69) is 55.4 Å². The van der Waals surface area contributed by atoms with Gasteiger partial charge in [-0.3, -0.25) is 37.3 Å². The Morgan fingerprint density at radius 1 is 0.308 bits per heavy atom. The first-order valence-electron chi connectivity index (χ1n) is 37.2. The minimum absolute atomic E-state index is 0.105. The van der Waals surface area contributed by atoms with Crippen LogP contribution in [0.15, 0.2) is 0 Å². The molecule has 0 spiro atoms. The molecule has 0 radical (unpaired) electrons. The third-order valence-electron chi connectivity index (χ3n) is 16.9. The molecule has 0 aliphatic rings. The number of unbranched alkanes of at least 4 members (excludes halogenated alkanes) is 34. The Bertz CT molecular complexity index is 1800. The van der Waals surface area contributed by atoms with Crippen molar-refractivity contribution in [2.75, 3.05) is 39.6 Å². The van der Waals surface area contributed by atoms with Crippen molar-refractivity contribution < 1.29 is 80.2 Å². The molecule has 0 saturated heterocycles. The van der Waals surface area contributed by atoms with Gasteiger partial charge in [-0.15, -0.1) is 0 Å². The van der Waals surface area contributed by atoms with Crippen molar-refractivity contribution in [1.29, 1.82) is 0 Å². The summed E-state index contributed by atoms with van der Waals surface area (Å²) in [6.07, 6.45) is 44.6. The van der Waals surface area contributed by atoms with Gasteiger partial charge in [0.1, 0.15) is 19.3 Å². The SMILES string of the molecule is CCC(C)CCCCCCCCC(=O)OC[C@H](COP(=O)(O)OC[C@H](O)COP(=O)(O)OC[C@@H](COC(=O)CCCCCCCCC(C)C)OC(=O)CCCCCCCCCCCCCCCCC(C)C)OC(=O)CCCCCCCCCCCCCCC(C)C. The number of carbonyl (C=O) groups is 4. The first-order chi connectivity index (χ1) is 43.6. The molecule has 0 saturated carbocycles. The molecule has 3 unspecified atom stereocenters. The van der Waals surface area contributed by atoms with Crippen LogP contribution in [-0.2, 0) is 65.4 Å². The summed E-state index contributed by atoms with van der Waals surface area (Å²) in [6.45, 7) is 14.1. The van der Waals surface area contributed by atoms with Gasteiger partial charge in [-0.05, 0) is 49.4 Å². The number of aliphatic hydroxyl groups is 1. The minimum atomic E-state index is -4.95. The highest BCUT2D eigenvalue weighted by Gasteiger charge is 2.30. The number of aliphatic hydroxyl groups excluding tert-OH is 1. The number of phosphoric ester groups is 2. The average Bonchev–Trinajstić information content (AvgIpc) is 3.62. The first-order valence-corrected chi connectivity index (χ1v) is 40.2. The second kappa shape index (κ2) is 61.6. The molecule has 0 rings (SSSR count). The Labute approximate surface area is 556 Å². The van der Waals surface area contributed by atoms with E-state index in [1.54, 1.807) is 0 Å². The van der Waals surface area contributed by atoms with E-state index in [4.69, 9.17) is 37.0 Å². The van der Waals surface area contributed by atoms with Gasteiger partial charge in [0, 0.05) is 25.7 Å². The molecule has 91 heavy (non-hydrogen) atoms. The maximum atomic E-state index is 13.0. The molecule has 17 nitrogen and oxygen atoms in total. The van der Waals surface area contributed by atoms with Crippen molar-refractivity contribution >= 4 is 39.5 Å². The smallest absolute Gasteiger partial charge is 0.462 e. The summed E-state index contributed by atoms with van der Waals surface area (Å²) in [7, 11) is -9.91. The van der Waals surface area contributed by atoms with Crippen molar-refractivity contribution in [1.82, 2.24) is 0 Å². The predicted molar refractivity (Wildman–Crippen MR) is 367 cm³/mol. The molecular weight excluding hydrogens is 1200 g/mol. The van der Waals surface area contributed by atoms with Crippen LogP contribution in [0.2, 0.25) is 0 Å². The molecule has 0 aromatic carbocycles. The fourth-order valence-electron chi connectivity index (χ4n) is 10.8. The highest BCUT2D eigenvalue weighted by atomic mass is 31.2. The molecular formula is C72H140O17P2. The highest BCUT2D eigenvalue weighted by molar-refractivity contribution is 7.47. The lowest BCUT2D eigenvalue weighted by Gasteiger charge is -2.21. The number of hydrogen-bond donors (Lipinski definition) is 3. The highest BCUT2D eigenvalue weighted by Crippen LogP contribution is 2.45. The van der Waals surface area contributed by atoms with Crippen molar-refractivity contribution in [2.24, 2.45) is 23.7 Å². The van der Waals surface area contributed by atoms with Gasteiger partial charge in [-0.25, -0.2) is 9.13 Å². The second-order valence-corrected chi connectivity index (χ2v) is 30.6. The third-order valence-corrected chi connectivity index (χ3v) is 18.8. The molecule has 0 aliphatic heterocycles. The van der Waals surface area contributed by atoms with Gasteiger partial charge in [0.25, 0.3) is 0 Å². The van der Waals surface area contributed by atoms with Gasteiger partial charge >= 0.3 is 39.5 Å². The van der Waals surface area contributed by atoms with Crippen LogP contribution < -0.4 is 0 Å². The molecule has 3 N–H and O–H groups in total. The van der Waals surface area contributed by atoms with Crippen LogP contribution in [0.4, 0.5) is 0 Å².